The molecule has 0 saturated carbocycles. The van der Waals surface area contributed by atoms with Gasteiger partial charge in [0.2, 0.25) is 11.8 Å². The number of benzene rings is 2. The van der Waals surface area contributed by atoms with Crippen molar-refractivity contribution in [3.05, 3.63) is 70.7 Å². The number of ether oxygens (including phenoxy) is 2. The fourth-order valence-corrected chi connectivity index (χ4v) is 5.23. The fraction of sp³-hybridized carbons (Fsp3) is 0.484. The summed E-state index contributed by atoms with van der Waals surface area (Å²) in [5, 5.41) is 8.72. The Balaban J connectivity index is 1.79. The summed E-state index contributed by atoms with van der Waals surface area (Å²) in [7, 11) is 1.23. The zero-order valence-electron chi connectivity index (χ0n) is 24.1. The average Bonchev–Trinajstić information content (AvgIpc) is 3.37. The van der Waals surface area contributed by atoms with E-state index in [0.717, 1.165) is 17.5 Å². The smallest absolute Gasteiger partial charge is 0.408 e. The van der Waals surface area contributed by atoms with E-state index in [2.05, 4.69) is 16.0 Å². The van der Waals surface area contributed by atoms with Crippen LogP contribution in [0.2, 0.25) is 5.02 Å². The van der Waals surface area contributed by atoms with E-state index in [0.29, 0.717) is 30.8 Å². The Labute approximate surface area is 246 Å². The number of halogens is 1. The maximum atomic E-state index is 13.4. The molecule has 0 radical (unpaired) electrons. The Morgan fingerprint density at radius 1 is 1.07 bits per heavy atom. The number of methoxy groups -OCH3 is 1. The molecular formula is C31H40ClN3O6. The van der Waals surface area contributed by atoms with Gasteiger partial charge in [-0.1, -0.05) is 87.7 Å². The summed E-state index contributed by atoms with van der Waals surface area (Å²) < 4.78 is 10.9. The van der Waals surface area contributed by atoms with Gasteiger partial charge in [-0.2, -0.15) is 0 Å². The van der Waals surface area contributed by atoms with Crippen molar-refractivity contribution in [3.63, 3.8) is 0 Å². The molecule has 1 saturated heterocycles. The maximum absolute atomic E-state index is 13.4. The van der Waals surface area contributed by atoms with E-state index in [9.17, 15) is 19.2 Å². The molecule has 3 rings (SSSR count). The third-order valence-electron chi connectivity index (χ3n) is 7.49. The minimum atomic E-state index is -1.03. The number of alkyl carbamates (subject to hydrolysis) is 1. The van der Waals surface area contributed by atoms with Crippen LogP contribution in [0.25, 0.3) is 0 Å². The quantitative estimate of drug-likeness (QED) is 0.289. The van der Waals surface area contributed by atoms with Crippen molar-refractivity contribution >= 4 is 35.5 Å². The molecule has 1 fully saturated rings. The van der Waals surface area contributed by atoms with Gasteiger partial charge in [-0.25, -0.2) is 9.59 Å². The molecule has 41 heavy (non-hydrogen) atoms. The first-order chi connectivity index (χ1) is 19.6. The lowest BCUT2D eigenvalue weighted by atomic mass is 9.76. The molecule has 1 aliphatic rings. The first-order valence-electron chi connectivity index (χ1n) is 14.0. The molecule has 222 valence electrons. The third kappa shape index (κ3) is 8.70. The molecule has 4 atom stereocenters. The second-order valence-electron chi connectivity index (χ2n) is 10.9. The molecular weight excluding hydrogens is 546 g/mol. The summed E-state index contributed by atoms with van der Waals surface area (Å²) in [5.41, 5.74) is 0.981. The number of amides is 3. The minimum Gasteiger partial charge on any atom is -0.467 e. The number of hydrogen-bond donors (Lipinski definition) is 3. The lowest BCUT2D eigenvalue weighted by Gasteiger charge is -2.35. The summed E-state index contributed by atoms with van der Waals surface area (Å²) in [6.07, 6.45) is 0.980. The van der Waals surface area contributed by atoms with Crippen LogP contribution in [0.3, 0.4) is 0 Å². The van der Waals surface area contributed by atoms with Crippen LogP contribution >= 0.6 is 11.6 Å². The van der Waals surface area contributed by atoms with Crippen LogP contribution in [0.15, 0.2) is 54.6 Å². The van der Waals surface area contributed by atoms with Gasteiger partial charge in [0.1, 0.15) is 18.2 Å². The van der Waals surface area contributed by atoms with Crippen molar-refractivity contribution in [3.8, 4) is 0 Å². The van der Waals surface area contributed by atoms with Crippen molar-refractivity contribution in [2.45, 2.75) is 76.5 Å². The Kier molecular flexibility index (Phi) is 11.6. The molecule has 2 aromatic rings. The van der Waals surface area contributed by atoms with Crippen molar-refractivity contribution in [1.82, 2.24) is 16.0 Å². The van der Waals surface area contributed by atoms with Crippen molar-refractivity contribution in [2.75, 3.05) is 13.7 Å². The highest BCUT2D eigenvalue weighted by atomic mass is 35.5. The molecule has 1 heterocycles. The number of carbonyl (C=O) groups excluding carboxylic acids is 4. The predicted molar refractivity (Wildman–Crippen MR) is 156 cm³/mol. The van der Waals surface area contributed by atoms with E-state index in [1.54, 1.807) is 6.07 Å². The molecule has 0 unspecified atom stereocenters. The van der Waals surface area contributed by atoms with E-state index >= 15 is 0 Å². The van der Waals surface area contributed by atoms with Crippen LogP contribution in [0.5, 0.6) is 0 Å². The van der Waals surface area contributed by atoms with Gasteiger partial charge < -0.3 is 25.4 Å². The summed E-state index contributed by atoms with van der Waals surface area (Å²) in [5.74, 6) is -1.77. The van der Waals surface area contributed by atoms with Crippen LogP contribution < -0.4 is 16.0 Å². The highest BCUT2D eigenvalue weighted by Gasteiger charge is 2.38. The van der Waals surface area contributed by atoms with Gasteiger partial charge in [-0.05, 0) is 42.5 Å². The van der Waals surface area contributed by atoms with Gasteiger partial charge in [0, 0.05) is 22.9 Å². The first-order valence-corrected chi connectivity index (χ1v) is 14.4. The zero-order valence-corrected chi connectivity index (χ0v) is 24.8. The Hall–Kier alpha value is -3.59. The zero-order chi connectivity index (χ0) is 30.0. The number of hydrogen-bond acceptors (Lipinski definition) is 6. The molecule has 0 aliphatic carbocycles. The molecule has 0 bridgehead atoms. The van der Waals surface area contributed by atoms with E-state index in [1.165, 1.54) is 7.11 Å². The monoisotopic (exact) mass is 585 g/mol. The normalized spacial score (nSPS) is 17.1. The van der Waals surface area contributed by atoms with Gasteiger partial charge in [-0.15, -0.1) is 0 Å². The van der Waals surface area contributed by atoms with E-state index in [1.807, 2.05) is 69.3 Å². The Bertz CT molecular complexity index is 1210. The summed E-state index contributed by atoms with van der Waals surface area (Å²) in [6.45, 7) is 6.42. The molecule has 1 aliphatic heterocycles. The number of rotatable bonds is 13. The lowest BCUT2D eigenvalue weighted by molar-refractivity contribution is -0.146. The molecule has 0 spiro atoms. The number of esters is 1. The molecule has 0 aromatic heterocycles. The highest BCUT2D eigenvalue weighted by Crippen LogP contribution is 2.40. The topological polar surface area (TPSA) is 123 Å². The molecule has 3 amide bonds. The van der Waals surface area contributed by atoms with Gasteiger partial charge in [0.15, 0.2) is 0 Å². The second-order valence-corrected chi connectivity index (χ2v) is 11.3. The van der Waals surface area contributed by atoms with Crippen LogP contribution in [0.1, 0.15) is 70.1 Å². The number of nitrogens with one attached hydrogen (secondary N) is 3. The summed E-state index contributed by atoms with van der Waals surface area (Å²) in [4.78, 5) is 51.3. The Morgan fingerprint density at radius 2 is 1.80 bits per heavy atom. The summed E-state index contributed by atoms with van der Waals surface area (Å²) in [6, 6.07) is 14.8. The third-order valence-corrected chi connectivity index (χ3v) is 7.73. The maximum Gasteiger partial charge on any atom is 0.408 e. The first kappa shape index (κ1) is 31.9. The molecule has 2 aromatic carbocycles. The standard InChI is InChI=1S/C31H40ClN3O6/c1-5-6-15-24(28(37)34-25(29(38)40-4)18-21-16-17-33-27(21)36)35-30(39)41-26(20-11-8-7-9-12-20)31(2,3)22-13-10-14-23(32)19-22/h7-14,19,21,24-26H,5-6,15-18H2,1-4H3,(H,33,36)(H,34,37)(H,35,39)/t21-,24+,25+,26+/m1/s1. The summed E-state index contributed by atoms with van der Waals surface area (Å²) >= 11 is 6.28. The SMILES string of the molecule is CCCC[C@H](NC(=O)O[C@@H](c1ccccc1)C(C)(C)c1cccc(Cl)c1)C(=O)N[C@@H](C[C@H]1CCNC1=O)C(=O)OC. The van der Waals surface area contributed by atoms with E-state index < -0.39 is 47.5 Å². The van der Waals surface area contributed by atoms with Crippen LogP contribution in [-0.2, 0) is 29.3 Å². The van der Waals surface area contributed by atoms with Gasteiger partial charge in [0.25, 0.3) is 0 Å². The predicted octanol–water partition coefficient (Wildman–Crippen LogP) is 4.83. The highest BCUT2D eigenvalue weighted by molar-refractivity contribution is 6.30. The molecule has 10 heteroatoms. The fourth-order valence-electron chi connectivity index (χ4n) is 5.04. The van der Waals surface area contributed by atoms with Crippen LogP contribution in [0.4, 0.5) is 4.79 Å². The van der Waals surface area contributed by atoms with Crippen molar-refractivity contribution in [1.29, 1.82) is 0 Å². The lowest BCUT2D eigenvalue weighted by Crippen LogP contribution is -2.52. The van der Waals surface area contributed by atoms with E-state index in [4.69, 9.17) is 21.1 Å². The van der Waals surface area contributed by atoms with Gasteiger partial charge in [0.05, 0.1) is 7.11 Å². The average molecular weight is 586 g/mol. The van der Waals surface area contributed by atoms with Crippen molar-refractivity contribution in [2.24, 2.45) is 5.92 Å². The van der Waals surface area contributed by atoms with Crippen molar-refractivity contribution < 1.29 is 28.7 Å². The largest absolute Gasteiger partial charge is 0.467 e. The van der Waals surface area contributed by atoms with Gasteiger partial charge in [-0.3, -0.25) is 9.59 Å². The molecule has 9 nitrogen and oxygen atoms in total. The number of unbranched alkanes of at least 4 members (excludes halogenated alkanes) is 1. The van der Waals surface area contributed by atoms with Gasteiger partial charge >= 0.3 is 12.1 Å². The second kappa shape index (κ2) is 14.9. The minimum absolute atomic E-state index is 0.110. The molecule has 3 N–H and O–H groups in total. The Morgan fingerprint density at radius 3 is 2.41 bits per heavy atom. The van der Waals surface area contributed by atoms with E-state index in [-0.39, 0.29) is 12.3 Å². The number of carbonyl (C=O) groups is 4. The van der Waals surface area contributed by atoms with Crippen LogP contribution in [0, 0.1) is 5.92 Å². The van der Waals surface area contributed by atoms with Crippen LogP contribution in [-0.4, -0.2) is 49.6 Å².